The molecular formula is C29H23N3O. The van der Waals surface area contributed by atoms with Crippen LogP contribution < -0.4 is 0 Å². The van der Waals surface area contributed by atoms with Gasteiger partial charge in [0.15, 0.2) is 0 Å². The van der Waals surface area contributed by atoms with Crippen LogP contribution in [-0.4, -0.2) is 9.55 Å². The standard InChI is InChI=1S/C29H23N3O/c1-32-20-31-18-28(32)29(33-19-21-8-3-2-4-9-21)23-14-15-24(17-30)27(16-23)26-13-7-11-22-10-5-6-12-25(22)26/h2-16,18,20,29H,19H2,1H3. The van der Waals surface area contributed by atoms with Crippen LogP contribution in [0.15, 0.2) is 104 Å². The van der Waals surface area contributed by atoms with Gasteiger partial charge in [-0.05, 0) is 39.6 Å². The molecule has 0 amide bonds. The van der Waals surface area contributed by atoms with Crippen LogP contribution in [0.4, 0.5) is 0 Å². The molecule has 0 fully saturated rings. The first kappa shape index (κ1) is 20.7. The third kappa shape index (κ3) is 4.15. The number of aryl methyl sites for hydroxylation is 1. The molecule has 0 aliphatic rings. The van der Waals surface area contributed by atoms with Crippen molar-refractivity contribution in [3.8, 4) is 17.2 Å². The summed E-state index contributed by atoms with van der Waals surface area (Å²) >= 11 is 0. The van der Waals surface area contributed by atoms with Crippen molar-refractivity contribution in [2.45, 2.75) is 12.7 Å². The van der Waals surface area contributed by atoms with E-state index >= 15 is 0 Å². The van der Waals surface area contributed by atoms with E-state index in [0.29, 0.717) is 12.2 Å². The number of rotatable bonds is 6. The van der Waals surface area contributed by atoms with Gasteiger partial charge >= 0.3 is 0 Å². The summed E-state index contributed by atoms with van der Waals surface area (Å²) in [6.07, 6.45) is 3.30. The molecule has 0 bridgehead atoms. The van der Waals surface area contributed by atoms with E-state index in [9.17, 15) is 5.26 Å². The summed E-state index contributed by atoms with van der Waals surface area (Å²) in [5.41, 5.74) is 5.63. The Morgan fingerprint density at radius 3 is 2.48 bits per heavy atom. The lowest BCUT2D eigenvalue weighted by Gasteiger charge is -2.21. The zero-order valence-electron chi connectivity index (χ0n) is 18.3. The first-order chi connectivity index (χ1) is 16.2. The Labute approximate surface area is 193 Å². The number of aromatic nitrogens is 2. The number of benzene rings is 4. The molecular weight excluding hydrogens is 406 g/mol. The lowest BCUT2D eigenvalue weighted by Crippen LogP contribution is -2.11. The largest absolute Gasteiger partial charge is 0.363 e. The predicted octanol–water partition coefficient (Wildman–Crippen LogP) is 6.42. The molecule has 0 saturated carbocycles. The lowest BCUT2D eigenvalue weighted by molar-refractivity contribution is 0.0622. The van der Waals surface area contributed by atoms with Crippen LogP contribution in [0.3, 0.4) is 0 Å². The molecule has 1 heterocycles. The van der Waals surface area contributed by atoms with Crippen LogP contribution in [0.2, 0.25) is 0 Å². The van der Waals surface area contributed by atoms with E-state index in [4.69, 9.17) is 4.74 Å². The molecule has 0 N–H and O–H groups in total. The Balaban J connectivity index is 1.62. The second kappa shape index (κ2) is 9.12. The van der Waals surface area contributed by atoms with Crippen LogP contribution in [0.1, 0.15) is 28.5 Å². The summed E-state index contributed by atoms with van der Waals surface area (Å²) in [5.74, 6) is 0. The quantitative estimate of drug-likeness (QED) is 0.313. The smallest absolute Gasteiger partial charge is 0.124 e. The number of hydrogen-bond acceptors (Lipinski definition) is 3. The summed E-state index contributed by atoms with van der Waals surface area (Å²) in [4.78, 5) is 4.31. The fourth-order valence-corrected chi connectivity index (χ4v) is 4.23. The minimum Gasteiger partial charge on any atom is -0.363 e. The SMILES string of the molecule is Cn1cncc1C(OCc1ccccc1)c1ccc(C#N)c(-c2cccc3ccccc23)c1. The van der Waals surface area contributed by atoms with Gasteiger partial charge in [-0.25, -0.2) is 4.98 Å². The van der Waals surface area contributed by atoms with E-state index in [1.807, 2.05) is 66.3 Å². The average molecular weight is 430 g/mol. The zero-order valence-corrected chi connectivity index (χ0v) is 18.3. The maximum atomic E-state index is 9.87. The van der Waals surface area contributed by atoms with E-state index < -0.39 is 0 Å². The van der Waals surface area contributed by atoms with Gasteiger partial charge < -0.3 is 9.30 Å². The summed E-state index contributed by atoms with van der Waals surface area (Å²) < 4.78 is 8.43. The normalized spacial score (nSPS) is 11.9. The fourth-order valence-electron chi connectivity index (χ4n) is 4.23. The molecule has 0 aliphatic carbocycles. The summed E-state index contributed by atoms with van der Waals surface area (Å²) in [5, 5.41) is 12.1. The van der Waals surface area contributed by atoms with E-state index in [-0.39, 0.29) is 6.10 Å². The Bertz CT molecular complexity index is 1440. The second-order valence-corrected chi connectivity index (χ2v) is 8.05. The number of nitrogens with zero attached hydrogens (tertiary/aromatic N) is 3. The van der Waals surface area contributed by atoms with Gasteiger partial charge in [0.25, 0.3) is 0 Å². The molecule has 1 unspecified atom stereocenters. The van der Waals surface area contributed by atoms with Gasteiger partial charge in [0.05, 0.1) is 36.5 Å². The molecule has 0 aliphatic heterocycles. The molecule has 5 rings (SSSR count). The molecule has 0 saturated heterocycles. The van der Waals surface area contributed by atoms with Crippen molar-refractivity contribution in [1.29, 1.82) is 5.26 Å². The van der Waals surface area contributed by atoms with E-state index in [2.05, 4.69) is 53.5 Å². The third-order valence-corrected chi connectivity index (χ3v) is 5.93. The Morgan fingerprint density at radius 1 is 0.909 bits per heavy atom. The van der Waals surface area contributed by atoms with Gasteiger partial charge in [-0.2, -0.15) is 5.26 Å². The lowest BCUT2D eigenvalue weighted by atomic mass is 9.92. The first-order valence-corrected chi connectivity index (χ1v) is 10.9. The van der Waals surface area contributed by atoms with Crippen molar-refractivity contribution < 1.29 is 4.74 Å². The predicted molar refractivity (Wildman–Crippen MR) is 130 cm³/mol. The summed E-state index contributed by atoms with van der Waals surface area (Å²) in [6.45, 7) is 0.473. The Morgan fingerprint density at radius 2 is 1.70 bits per heavy atom. The molecule has 1 aromatic heterocycles. The molecule has 5 aromatic rings. The van der Waals surface area contributed by atoms with Crippen molar-refractivity contribution in [1.82, 2.24) is 9.55 Å². The molecule has 4 aromatic carbocycles. The van der Waals surface area contributed by atoms with Gasteiger partial charge in [0.2, 0.25) is 0 Å². The minimum absolute atomic E-state index is 0.320. The molecule has 0 spiro atoms. The highest BCUT2D eigenvalue weighted by atomic mass is 16.5. The summed E-state index contributed by atoms with van der Waals surface area (Å²) in [6, 6.07) is 32.9. The van der Waals surface area contributed by atoms with Crippen LogP contribution in [0.25, 0.3) is 21.9 Å². The third-order valence-electron chi connectivity index (χ3n) is 5.93. The highest BCUT2D eigenvalue weighted by Gasteiger charge is 2.21. The highest BCUT2D eigenvalue weighted by molar-refractivity contribution is 5.97. The minimum atomic E-state index is -0.320. The van der Waals surface area contributed by atoms with Gasteiger partial charge in [-0.15, -0.1) is 0 Å². The van der Waals surface area contributed by atoms with Crippen LogP contribution >= 0.6 is 0 Å². The topological polar surface area (TPSA) is 50.8 Å². The fraction of sp³-hybridized carbons (Fsp3) is 0.103. The number of ether oxygens (including phenoxy) is 1. The highest BCUT2D eigenvalue weighted by Crippen LogP contribution is 2.35. The van der Waals surface area contributed by atoms with Crippen molar-refractivity contribution >= 4 is 10.8 Å². The van der Waals surface area contributed by atoms with Gasteiger partial charge in [0, 0.05) is 12.6 Å². The van der Waals surface area contributed by atoms with Crippen molar-refractivity contribution in [2.75, 3.05) is 0 Å². The van der Waals surface area contributed by atoms with Gasteiger partial charge in [0.1, 0.15) is 6.10 Å². The number of imidazole rings is 1. The monoisotopic (exact) mass is 429 g/mol. The Kier molecular flexibility index (Phi) is 5.72. The Hall–Kier alpha value is -4.20. The summed E-state index contributed by atoms with van der Waals surface area (Å²) in [7, 11) is 1.97. The van der Waals surface area contributed by atoms with Crippen LogP contribution in [0.5, 0.6) is 0 Å². The van der Waals surface area contributed by atoms with Crippen LogP contribution in [0, 0.1) is 11.3 Å². The first-order valence-electron chi connectivity index (χ1n) is 10.9. The van der Waals surface area contributed by atoms with E-state index in [1.54, 1.807) is 6.33 Å². The van der Waals surface area contributed by atoms with Gasteiger partial charge in [-0.3, -0.25) is 0 Å². The van der Waals surface area contributed by atoms with Crippen molar-refractivity contribution in [3.63, 3.8) is 0 Å². The molecule has 4 heteroatoms. The van der Waals surface area contributed by atoms with E-state index in [0.717, 1.165) is 38.7 Å². The molecule has 0 radical (unpaired) electrons. The molecule has 1 atom stereocenters. The molecule has 33 heavy (non-hydrogen) atoms. The average Bonchev–Trinajstić information content (AvgIpc) is 3.30. The number of fused-ring (bicyclic) bond motifs is 1. The van der Waals surface area contributed by atoms with Crippen molar-refractivity contribution in [3.05, 3.63) is 126 Å². The second-order valence-electron chi connectivity index (χ2n) is 8.05. The zero-order chi connectivity index (χ0) is 22.6. The maximum Gasteiger partial charge on any atom is 0.124 e. The molecule has 160 valence electrons. The van der Waals surface area contributed by atoms with Gasteiger partial charge in [-0.1, -0.05) is 78.9 Å². The maximum absolute atomic E-state index is 9.87. The van der Waals surface area contributed by atoms with E-state index in [1.165, 1.54) is 0 Å². The van der Waals surface area contributed by atoms with Crippen molar-refractivity contribution in [2.24, 2.45) is 7.05 Å². The van der Waals surface area contributed by atoms with Crippen LogP contribution in [-0.2, 0) is 18.4 Å². The number of nitriles is 1. The number of hydrogen-bond donors (Lipinski definition) is 0. The molecule has 4 nitrogen and oxygen atoms in total.